The summed E-state index contributed by atoms with van der Waals surface area (Å²) < 4.78 is 5.32. The lowest BCUT2D eigenvalue weighted by Gasteiger charge is -2.05. The highest BCUT2D eigenvalue weighted by atomic mass is 16.5. The van der Waals surface area contributed by atoms with Crippen molar-refractivity contribution in [2.75, 3.05) is 6.61 Å². The van der Waals surface area contributed by atoms with Crippen LogP contribution < -0.4 is 10.5 Å². The van der Waals surface area contributed by atoms with Gasteiger partial charge >= 0.3 is 0 Å². The Morgan fingerprint density at radius 1 is 1.44 bits per heavy atom. The Bertz CT molecular complexity index is 525. The molecule has 0 unspecified atom stereocenters. The molecule has 16 heavy (non-hydrogen) atoms. The highest BCUT2D eigenvalue weighted by Crippen LogP contribution is 2.18. The van der Waals surface area contributed by atoms with Crippen molar-refractivity contribution in [2.45, 2.75) is 0 Å². The molecule has 3 N–H and O–H groups in total. The second-order valence-electron chi connectivity index (χ2n) is 3.24. The van der Waals surface area contributed by atoms with Gasteiger partial charge in [-0.15, -0.1) is 0 Å². The molecule has 0 bridgehead atoms. The highest BCUT2D eigenvalue weighted by Gasteiger charge is 1.99. The molecule has 5 nitrogen and oxygen atoms in total. The van der Waals surface area contributed by atoms with E-state index in [1.807, 2.05) is 24.3 Å². The molecule has 2 rings (SSSR count). The molecule has 0 aliphatic carbocycles. The number of ether oxygens (including phenoxy) is 1. The summed E-state index contributed by atoms with van der Waals surface area (Å²) in [4.78, 5) is 4.19. The number of hydrogen-bond acceptors (Lipinski definition) is 4. The van der Waals surface area contributed by atoms with Gasteiger partial charge in [0, 0.05) is 11.6 Å². The fraction of sp³-hybridized carbons (Fsp3) is 0.0909. The van der Waals surface area contributed by atoms with Crippen molar-refractivity contribution in [3.63, 3.8) is 0 Å². The van der Waals surface area contributed by atoms with Crippen LogP contribution in [0.25, 0.3) is 10.9 Å². The summed E-state index contributed by atoms with van der Waals surface area (Å²) in [7, 11) is 0. The Morgan fingerprint density at radius 3 is 3.12 bits per heavy atom. The maximum absolute atomic E-state index is 8.36. The van der Waals surface area contributed by atoms with Crippen molar-refractivity contribution >= 4 is 16.7 Å². The zero-order chi connectivity index (χ0) is 11.4. The van der Waals surface area contributed by atoms with Gasteiger partial charge in [-0.05, 0) is 24.3 Å². The molecule has 1 aromatic carbocycles. The Balaban J connectivity index is 2.20. The van der Waals surface area contributed by atoms with Crippen molar-refractivity contribution < 1.29 is 9.94 Å². The van der Waals surface area contributed by atoms with Crippen molar-refractivity contribution in [1.82, 2.24) is 4.98 Å². The van der Waals surface area contributed by atoms with Crippen molar-refractivity contribution in [1.29, 1.82) is 0 Å². The van der Waals surface area contributed by atoms with Crippen LogP contribution in [0.2, 0.25) is 0 Å². The predicted molar refractivity (Wildman–Crippen MR) is 60.6 cm³/mol. The molecule has 0 atom stereocenters. The van der Waals surface area contributed by atoms with Crippen LogP contribution in [-0.2, 0) is 0 Å². The number of nitrogens with two attached hydrogens (primary N) is 1. The summed E-state index contributed by atoms with van der Waals surface area (Å²) in [6, 6.07) is 9.30. The summed E-state index contributed by atoms with van der Waals surface area (Å²) in [5.74, 6) is 0.693. The second kappa shape index (κ2) is 4.48. The van der Waals surface area contributed by atoms with Gasteiger partial charge in [-0.25, -0.2) is 0 Å². The molecular weight excluding hydrogens is 206 g/mol. The smallest absolute Gasteiger partial charge is 0.177 e. The Labute approximate surface area is 92.2 Å². The van der Waals surface area contributed by atoms with E-state index in [0.29, 0.717) is 5.75 Å². The lowest BCUT2D eigenvalue weighted by Crippen LogP contribution is -2.20. The molecule has 0 saturated heterocycles. The SMILES string of the molecule is N/C(COc1ccc2ncccc2c1)=N\O. The zero-order valence-electron chi connectivity index (χ0n) is 8.50. The third kappa shape index (κ3) is 2.20. The zero-order valence-corrected chi connectivity index (χ0v) is 8.50. The first-order valence-corrected chi connectivity index (χ1v) is 4.73. The molecule has 0 amide bonds. The van der Waals surface area contributed by atoms with Gasteiger partial charge in [-0.3, -0.25) is 4.98 Å². The molecule has 0 aliphatic rings. The first kappa shape index (κ1) is 10.2. The first-order valence-electron chi connectivity index (χ1n) is 4.73. The third-order valence-corrected chi connectivity index (χ3v) is 2.09. The summed E-state index contributed by atoms with van der Waals surface area (Å²) >= 11 is 0. The van der Waals surface area contributed by atoms with Gasteiger partial charge in [0.1, 0.15) is 12.4 Å². The monoisotopic (exact) mass is 217 g/mol. The lowest BCUT2D eigenvalue weighted by atomic mass is 10.2. The van der Waals surface area contributed by atoms with E-state index in [2.05, 4.69) is 10.1 Å². The molecule has 0 saturated carbocycles. The number of pyridine rings is 1. The van der Waals surface area contributed by atoms with Crippen LogP contribution in [0.3, 0.4) is 0 Å². The van der Waals surface area contributed by atoms with E-state index in [4.69, 9.17) is 15.7 Å². The molecular formula is C11H11N3O2. The molecule has 0 radical (unpaired) electrons. The number of aromatic nitrogens is 1. The minimum Gasteiger partial charge on any atom is -0.486 e. The van der Waals surface area contributed by atoms with E-state index in [0.717, 1.165) is 10.9 Å². The Morgan fingerprint density at radius 2 is 2.31 bits per heavy atom. The number of hydrogen-bond donors (Lipinski definition) is 2. The van der Waals surface area contributed by atoms with Crippen molar-refractivity contribution in [3.05, 3.63) is 36.5 Å². The summed E-state index contributed by atoms with van der Waals surface area (Å²) in [6.07, 6.45) is 1.74. The van der Waals surface area contributed by atoms with Crippen molar-refractivity contribution in [3.8, 4) is 5.75 Å². The molecule has 1 aromatic heterocycles. The number of nitrogens with zero attached hydrogens (tertiary/aromatic N) is 2. The van der Waals surface area contributed by atoms with E-state index < -0.39 is 0 Å². The molecule has 2 aromatic rings. The fourth-order valence-electron chi connectivity index (χ4n) is 1.33. The van der Waals surface area contributed by atoms with Gasteiger partial charge < -0.3 is 15.7 Å². The number of benzene rings is 1. The molecule has 82 valence electrons. The van der Waals surface area contributed by atoms with E-state index in [1.165, 1.54) is 0 Å². The highest BCUT2D eigenvalue weighted by molar-refractivity contribution is 5.82. The van der Waals surface area contributed by atoms with E-state index in [9.17, 15) is 0 Å². The van der Waals surface area contributed by atoms with Crippen LogP contribution in [0, 0.1) is 0 Å². The van der Waals surface area contributed by atoms with Gasteiger partial charge in [-0.1, -0.05) is 11.2 Å². The number of amidine groups is 1. The van der Waals surface area contributed by atoms with E-state index in [1.54, 1.807) is 12.3 Å². The maximum Gasteiger partial charge on any atom is 0.177 e. The standard InChI is InChI=1S/C11H11N3O2/c12-11(14-15)7-16-9-3-4-10-8(6-9)2-1-5-13-10/h1-6,15H,7H2,(H2,12,14). The topological polar surface area (TPSA) is 80.7 Å². The number of fused-ring (bicyclic) bond motifs is 1. The molecule has 5 heteroatoms. The van der Waals surface area contributed by atoms with Gasteiger partial charge in [0.15, 0.2) is 5.84 Å². The second-order valence-corrected chi connectivity index (χ2v) is 3.24. The molecule has 1 heterocycles. The van der Waals surface area contributed by atoms with E-state index in [-0.39, 0.29) is 12.4 Å². The summed E-state index contributed by atoms with van der Waals surface area (Å²) in [5, 5.41) is 12.2. The quantitative estimate of drug-likeness (QED) is 0.352. The van der Waals surface area contributed by atoms with Gasteiger partial charge in [0.2, 0.25) is 0 Å². The van der Waals surface area contributed by atoms with Crippen LogP contribution in [0.4, 0.5) is 0 Å². The third-order valence-electron chi connectivity index (χ3n) is 2.09. The Hall–Kier alpha value is -2.30. The molecule has 0 aliphatic heterocycles. The Kier molecular flexibility index (Phi) is 2.86. The largest absolute Gasteiger partial charge is 0.486 e. The van der Waals surface area contributed by atoms with Crippen molar-refractivity contribution in [2.24, 2.45) is 10.9 Å². The van der Waals surface area contributed by atoms with Crippen LogP contribution in [0.5, 0.6) is 5.75 Å². The van der Waals surface area contributed by atoms with Gasteiger partial charge in [0.25, 0.3) is 0 Å². The predicted octanol–water partition coefficient (Wildman–Crippen LogP) is 1.36. The van der Waals surface area contributed by atoms with Gasteiger partial charge in [-0.2, -0.15) is 0 Å². The minimum atomic E-state index is 0.0336. The lowest BCUT2D eigenvalue weighted by molar-refractivity contribution is 0.306. The van der Waals surface area contributed by atoms with Crippen LogP contribution >= 0.6 is 0 Å². The van der Waals surface area contributed by atoms with Crippen LogP contribution in [0.15, 0.2) is 41.7 Å². The first-order chi connectivity index (χ1) is 7.79. The normalized spacial score (nSPS) is 11.6. The summed E-state index contributed by atoms with van der Waals surface area (Å²) in [5.41, 5.74) is 6.20. The number of rotatable bonds is 3. The minimum absolute atomic E-state index is 0.0336. The van der Waals surface area contributed by atoms with Gasteiger partial charge in [0.05, 0.1) is 5.52 Å². The van der Waals surface area contributed by atoms with E-state index >= 15 is 0 Å². The average Bonchev–Trinajstić information content (AvgIpc) is 2.35. The molecule has 0 fully saturated rings. The molecule has 0 spiro atoms. The van der Waals surface area contributed by atoms with Crippen LogP contribution in [0.1, 0.15) is 0 Å². The maximum atomic E-state index is 8.36. The summed E-state index contributed by atoms with van der Waals surface area (Å²) in [6.45, 7) is 0.0578. The number of oxime groups is 1. The average molecular weight is 217 g/mol. The fourth-order valence-corrected chi connectivity index (χ4v) is 1.33. The van der Waals surface area contributed by atoms with Crippen LogP contribution in [-0.4, -0.2) is 22.6 Å².